The monoisotopic (exact) mass is 655 g/mol. The van der Waals surface area contributed by atoms with Gasteiger partial charge in [0.2, 0.25) is 0 Å². The molecular weight excluding hydrogens is 631 g/mol. The second-order valence-electron chi connectivity index (χ2n) is 12.8. The molecule has 0 bridgehead atoms. The van der Waals surface area contributed by atoms with E-state index in [4.69, 9.17) is 28.2 Å². The van der Waals surface area contributed by atoms with Gasteiger partial charge in [0.05, 0.1) is 0 Å². The highest BCUT2D eigenvalue weighted by Gasteiger charge is 2.19. The van der Waals surface area contributed by atoms with Gasteiger partial charge in [-0.1, -0.05) is 109 Å². The predicted octanol–water partition coefficient (Wildman–Crippen LogP) is 12.2. The maximum atomic E-state index is 6.60. The van der Waals surface area contributed by atoms with Crippen LogP contribution in [0.4, 0.5) is 0 Å². The molecule has 51 heavy (non-hydrogen) atoms. The summed E-state index contributed by atoms with van der Waals surface area (Å²) in [6.07, 6.45) is 0. The predicted molar refractivity (Wildman–Crippen MR) is 203 cm³/mol. The number of aromatic nitrogens is 3. The van der Waals surface area contributed by atoms with Crippen LogP contribution in [0.25, 0.3) is 111 Å². The van der Waals surface area contributed by atoms with Crippen molar-refractivity contribution >= 4 is 65.8 Å². The van der Waals surface area contributed by atoms with E-state index in [1.807, 2.05) is 84.9 Å². The molecule has 0 saturated heterocycles. The molecule has 11 rings (SSSR count). The zero-order valence-electron chi connectivity index (χ0n) is 27.0. The molecule has 0 atom stereocenters. The average Bonchev–Trinajstić information content (AvgIpc) is 3.89. The third kappa shape index (κ3) is 4.33. The second-order valence-corrected chi connectivity index (χ2v) is 12.8. The van der Waals surface area contributed by atoms with E-state index >= 15 is 0 Å². The lowest BCUT2D eigenvalue weighted by Crippen LogP contribution is -2.00. The van der Waals surface area contributed by atoms with Crippen molar-refractivity contribution in [2.24, 2.45) is 0 Å². The molecular formula is C45H25N3O3. The van der Waals surface area contributed by atoms with Gasteiger partial charge in [-0.2, -0.15) is 0 Å². The quantitative estimate of drug-likeness (QED) is 0.188. The molecule has 0 unspecified atom stereocenters. The molecule has 0 aliphatic carbocycles. The van der Waals surface area contributed by atoms with Crippen molar-refractivity contribution in [2.45, 2.75) is 0 Å². The smallest absolute Gasteiger partial charge is 0.164 e. The maximum absolute atomic E-state index is 6.60. The van der Waals surface area contributed by atoms with Crippen LogP contribution >= 0.6 is 0 Å². The average molecular weight is 656 g/mol. The third-order valence-corrected chi connectivity index (χ3v) is 9.75. The largest absolute Gasteiger partial charge is 0.456 e. The zero-order chi connectivity index (χ0) is 33.5. The van der Waals surface area contributed by atoms with Crippen LogP contribution < -0.4 is 0 Å². The number of fused-ring (bicyclic) bond motifs is 9. The lowest BCUT2D eigenvalue weighted by molar-refractivity contribution is 0.665. The fraction of sp³-hybridized carbons (Fsp3) is 0. The number of benzene rings is 7. The Kier molecular flexibility index (Phi) is 5.86. The van der Waals surface area contributed by atoms with Crippen LogP contribution in [0.2, 0.25) is 0 Å². The molecule has 238 valence electrons. The molecule has 0 N–H and O–H groups in total. The van der Waals surface area contributed by atoms with Crippen LogP contribution in [-0.2, 0) is 0 Å². The summed E-state index contributed by atoms with van der Waals surface area (Å²) in [5.41, 5.74) is 9.53. The topological polar surface area (TPSA) is 78.1 Å². The van der Waals surface area contributed by atoms with Gasteiger partial charge in [0.25, 0.3) is 0 Å². The Morgan fingerprint density at radius 2 is 0.784 bits per heavy atom. The minimum absolute atomic E-state index is 0.569. The van der Waals surface area contributed by atoms with E-state index in [9.17, 15) is 0 Å². The van der Waals surface area contributed by atoms with Crippen LogP contribution in [0.3, 0.4) is 0 Å². The molecule has 6 nitrogen and oxygen atoms in total. The van der Waals surface area contributed by atoms with Gasteiger partial charge in [0.1, 0.15) is 33.5 Å². The highest BCUT2D eigenvalue weighted by atomic mass is 16.3. The van der Waals surface area contributed by atoms with E-state index in [0.717, 1.165) is 93.6 Å². The zero-order valence-corrected chi connectivity index (χ0v) is 27.0. The van der Waals surface area contributed by atoms with Crippen LogP contribution in [0.1, 0.15) is 0 Å². The van der Waals surface area contributed by atoms with Crippen LogP contribution in [-0.4, -0.2) is 15.0 Å². The summed E-state index contributed by atoms with van der Waals surface area (Å²) >= 11 is 0. The number of hydrogen-bond acceptors (Lipinski definition) is 6. The Bertz CT molecular complexity index is 3150. The van der Waals surface area contributed by atoms with Gasteiger partial charge in [-0.3, -0.25) is 0 Å². The summed E-state index contributed by atoms with van der Waals surface area (Å²) in [6.45, 7) is 0. The molecule has 0 radical (unpaired) electrons. The van der Waals surface area contributed by atoms with Crippen molar-refractivity contribution in [3.63, 3.8) is 0 Å². The van der Waals surface area contributed by atoms with E-state index in [2.05, 4.69) is 66.7 Å². The van der Waals surface area contributed by atoms with E-state index in [1.54, 1.807) is 0 Å². The summed E-state index contributed by atoms with van der Waals surface area (Å²) in [7, 11) is 0. The Balaban J connectivity index is 1.08. The van der Waals surface area contributed by atoms with Crippen LogP contribution in [0.5, 0.6) is 0 Å². The van der Waals surface area contributed by atoms with Crippen molar-refractivity contribution < 1.29 is 13.3 Å². The van der Waals surface area contributed by atoms with Crippen LogP contribution in [0, 0.1) is 0 Å². The molecule has 0 aliphatic heterocycles. The van der Waals surface area contributed by atoms with E-state index < -0.39 is 0 Å². The standard InChI is InChI=1S/C45H25N3O3/c1-2-10-26(11-3-1)43-46-44(48-45(47-43)28-20-22-31-29-12-4-6-18-37(29)49-40(31)25-28)27-21-23-39-36(24-27)35-17-9-16-34(42(35)51-39)33-15-8-14-32-30-13-5-7-19-38(30)50-41(32)33/h1-25H. The molecule has 0 spiro atoms. The first kappa shape index (κ1) is 27.9. The molecule has 4 heterocycles. The molecule has 4 aromatic heterocycles. The summed E-state index contributed by atoms with van der Waals surface area (Å²) < 4.78 is 19.2. The third-order valence-electron chi connectivity index (χ3n) is 9.75. The lowest BCUT2D eigenvalue weighted by atomic mass is 9.99. The summed E-state index contributed by atoms with van der Waals surface area (Å²) in [5.74, 6) is 1.74. The summed E-state index contributed by atoms with van der Waals surface area (Å²) in [5, 5.41) is 6.30. The number of nitrogens with zero attached hydrogens (tertiary/aromatic N) is 3. The minimum atomic E-state index is 0.569. The Hall–Kier alpha value is -7.05. The molecule has 0 saturated carbocycles. The first-order valence-electron chi connectivity index (χ1n) is 16.8. The summed E-state index contributed by atoms with van der Waals surface area (Å²) in [4.78, 5) is 15.0. The van der Waals surface area contributed by atoms with Gasteiger partial charge in [-0.25, -0.2) is 15.0 Å². The fourth-order valence-electron chi connectivity index (χ4n) is 7.32. The van der Waals surface area contributed by atoms with Gasteiger partial charge >= 0.3 is 0 Å². The number of hydrogen-bond donors (Lipinski definition) is 0. The minimum Gasteiger partial charge on any atom is -0.456 e. The van der Waals surface area contributed by atoms with Gasteiger partial charge in [-0.05, 0) is 42.5 Å². The molecule has 0 aliphatic rings. The van der Waals surface area contributed by atoms with Gasteiger partial charge in [-0.15, -0.1) is 0 Å². The van der Waals surface area contributed by atoms with E-state index in [1.165, 1.54) is 0 Å². The molecule has 7 aromatic carbocycles. The molecule has 0 amide bonds. The first-order chi connectivity index (χ1) is 25.2. The summed E-state index contributed by atoms with van der Waals surface area (Å²) in [6, 6.07) is 51.1. The normalized spacial score (nSPS) is 11.9. The van der Waals surface area contributed by atoms with E-state index in [0.29, 0.717) is 17.5 Å². The first-order valence-corrected chi connectivity index (χ1v) is 16.8. The second kappa shape index (κ2) is 10.7. The van der Waals surface area contributed by atoms with Crippen molar-refractivity contribution in [1.29, 1.82) is 0 Å². The van der Waals surface area contributed by atoms with Crippen LogP contribution in [0.15, 0.2) is 165 Å². The molecule has 6 heteroatoms. The Labute approximate surface area is 290 Å². The van der Waals surface area contributed by atoms with Gasteiger partial charge in [0, 0.05) is 60.1 Å². The number of rotatable bonds is 4. The molecule has 0 fully saturated rings. The molecule has 11 aromatic rings. The van der Waals surface area contributed by atoms with Crippen molar-refractivity contribution in [1.82, 2.24) is 15.0 Å². The Morgan fingerprint density at radius 1 is 0.294 bits per heavy atom. The maximum Gasteiger partial charge on any atom is 0.164 e. The highest BCUT2D eigenvalue weighted by molar-refractivity contribution is 6.15. The SMILES string of the molecule is c1ccc(-c2nc(-c3ccc4c(c3)oc3ccccc34)nc(-c3ccc4oc5c(-c6cccc7c6oc6ccccc67)cccc5c4c3)n2)cc1. The van der Waals surface area contributed by atoms with Gasteiger partial charge in [0.15, 0.2) is 17.5 Å². The number of furan rings is 3. The van der Waals surface area contributed by atoms with Crippen molar-refractivity contribution in [2.75, 3.05) is 0 Å². The fourth-order valence-corrected chi connectivity index (χ4v) is 7.32. The Morgan fingerprint density at radius 3 is 1.49 bits per heavy atom. The lowest BCUT2D eigenvalue weighted by Gasteiger charge is -2.08. The van der Waals surface area contributed by atoms with Crippen molar-refractivity contribution in [3.05, 3.63) is 152 Å². The number of para-hydroxylation sites is 4. The van der Waals surface area contributed by atoms with Gasteiger partial charge < -0.3 is 13.3 Å². The highest BCUT2D eigenvalue weighted by Crippen LogP contribution is 2.42. The van der Waals surface area contributed by atoms with E-state index in [-0.39, 0.29) is 0 Å². The van der Waals surface area contributed by atoms with Crippen molar-refractivity contribution in [3.8, 4) is 45.3 Å².